The molecular weight excluding hydrogens is 198 g/mol. The largest absolute Gasteiger partial charge is 0.371 e. The predicted octanol–water partition coefficient (Wildman–Crippen LogP) is 2.17. The molecule has 2 heterocycles. The lowest BCUT2D eigenvalue weighted by Crippen LogP contribution is -2.37. The van der Waals surface area contributed by atoms with Crippen LogP contribution in [0, 0.1) is 5.41 Å². The molecule has 2 rings (SSSR count). The molecule has 0 radical (unpaired) electrons. The Kier molecular flexibility index (Phi) is 3.15. The van der Waals surface area contributed by atoms with E-state index in [0.29, 0.717) is 12.0 Å². The van der Waals surface area contributed by atoms with Crippen molar-refractivity contribution in [3.63, 3.8) is 0 Å². The van der Waals surface area contributed by atoms with Crippen molar-refractivity contribution in [3.05, 3.63) is 24.0 Å². The Hall–Kier alpha value is -1.09. The molecule has 2 N–H and O–H groups in total. The number of nitrogens with zero attached hydrogens (tertiary/aromatic N) is 2. The quantitative estimate of drug-likeness (QED) is 0.829. The molecule has 0 spiro atoms. The maximum Gasteiger partial charge on any atom is 0.0560 e. The van der Waals surface area contributed by atoms with E-state index in [4.69, 9.17) is 5.73 Å². The Morgan fingerprint density at radius 3 is 2.69 bits per heavy atom. The number of aromatic nitrogens is 1. The number of nitrogens with two attached hydrogens (primary N) is 1. The van der Waals surface area contributed by atoms with Gasteiger partial charge in [0.2, 0.25) is 0 Å². The molecular formula is C13H21N3. The van der Waals surface area contributed by atoms with Gasteiger partial charge in [-0.25, -0.2) is 0 Å². The summed E-state index contributed by atoms with van der Waals surface area (Å²) in [6.45, 7) is 7.50. The van der Waals surface area contributed by atoms with Gasteiger partial charge < -0.3 is 10.6 Å². The van der Waals surface area contributed by atoms with Gasteiger partial charge in [0.05, 0.1) is 5.69 Å². The Bertz CT molecular complexity index is 350. The molecule has 0 aromatic carbocycles. The van der Waals surface area contributed by atoms with Crippen molar-refractivity contribution in [2.24, 2.45) is 11.1 Å². The number of rotatable bonds is 2. The van der Waals surface area contributed by atoms with E-state index in [1.54, 1.807) is 0 Å². The van der Waals surface area contributed by atoms with E-state index in [-0.39, 0.29) is 0 Å². The zero-order valence-electron chi connectivity index (χ0n) is 10.2. The Labute approximate surface area is 97.7 Å². The van der Waals surface area contributed by atoms with Crippen LogP contribution < -0.4 is 10.6 Å². The van der Waals surface area contributed by atoms with Crippen molar-refractivity contribution >= 4 is 5.69 Å². The third-order valence-electron chi connectivity index (χ3n) is 3.49. The molecule has 1 aliphatic heterocycles. The van der Waals surface area contributed by atoms with E-state index in [1.807, 2.05) is 6.20 Å². The summed E-state index contributed by atoms with van der Waals surface area (Å²) in [6, 6.07) is 4.19. The molecule has 1 aliphatic rings. The van der Waals surface area contributed by atoms with Gasteiger partial charge in [-0.1, -0.05) is 13.8 Å². The Morgan fingerprint density at radius 2 is 2.06 bits per heavy atom. The molecule has 1 aromatic rings. The second-order valence-electron chi connectivity index (χ2n) is 5.36. The second kappa shape index (κ2) is 4.42. The molecule has 1 aromatic heterocycles. The monoisotopic (exact) mass is 219 g/mol. The van der Waals surface area contributed by atoms with Gasteiger partial charge in [0.1, 0.15) is 0 Å². The topological polar surface area (TPSA) is 42.2 Å². The van der Waals surface area contributed by atoms with Crippen LogP contribution >= 0.6 is 0 Å². The fraction of sp³-hybridized carbons (Fsp3) is 0.615. The first-order valence-corrected chi connectivity index (χ1v) is 6.01. The summed E-state index contributed by atoms with van der Waals surface area (Å²) >= 11 is 0. The molecule has 1 saturated heterocycles. The van der Waals surface area contributed by atoms with Crippen LogP contribution in [0.3, 0.4) is 0 Å². The SMILES string of the molecule is CC1(C)CCN(c2ccnc(CN)c2)CC1. The second-order valence-corrected chi connectivity index (χ2v) is 5.36. The molecule has 0 amide bonds. The minimum Gasteiger partial charge on any atom is -0.371 e. The standard InChI is InChI=1S/C13H21N3/c1-13(2)4-7-16(8-5-13)12-3-6-15-11(9-12)10-14/h3,6,9H,4-5,7-8,10,14H2,1-2H3. The molecule has 0 bridgehead atoms. The van der Waals surface area contributed by atoms with Gasteiger partial charge in [-0.15, -0.1) is 0 Å². The van der Waals surface area contributed by atoms with Gasteiger partial charge in [-0.3, -0.25) is 4.98 Å². The van der Waals surface area contributed by atoms with Crippen molar-refractivity contribution in [1.29, 1.82) is 0 Å². The van der Waals surface area contributed by atoms with Gasteiger partial charge in [0.25, 0.3) is 0 Å². The van der Waals surface area contributed by atoms with Crippen LogP contribution in [0.2, 0.25) is 0 Å². The summed E-state index contributed by atoms with van der Waals surface area (Å²) in [5, 5.41) is 0. The van der Waals surface area contributed by atoms with Crippen molar-refractivity contribution in [2.75, 3.05) is 18.0 Å². The van der Waals surface area contributed by atoms with Crippen LogP contribution in [0.1, 0.15) is 32.4 Å². The summed E-state index contributed by atoms with van der Waals surface area (Å²) in [7, 11) is 0. The summed E-state index contributed by atoms with van der Waals surface area (Å²) in [5.41, 5.74) is 8.35. The molecule has 0 atom stereocenters. The number of pyridine rings is 1. The first-order chi connectivity index (χ1) is 7.61. The lowest BCUT2D eigenvalue weighted by Gasteiger charge is -2.38. The lowest BCUT2D eigenvalue weighted by molar-refractivity contribution is 0.280. The van der Waals surface area contributed by atoms with Crippen molar-refractivity contribution in [3.8, 4) is 0 Å². The number of anilines is 1. The molecule has 88 valence electrons. The fourth-order valence-electron chi connectivity index (χ4n) is 2.14. The van der Waals surface area contributed by atoms with Crippen LogP contribution in [-0.4, -0.2) is 18.1 Å². The molecule has 16 heavy (non-hydrogen) atoms. The summed E-state index contributed by atoms with van der Waals surface area (Å²) in [4.78, 5) is 6.67. The van der Waals surface area contributed by atoms with Crippen LogP contribution in [0.25, 0.3) is 0 Å². The van der Waals surface area contributed by atoms with E-state index in [1.165, 1.54) is 18.5 Å². The van der Waals surface area contributed by atoms with Gasteiger partial charge in [0, 0.05) is 31.5 Å². The fourth-order valence-corrected chi connectivity index (χ4v) is 2.14. The van der Waals surface area contributed by atoms with E-state index < -0.39 is 0 Å². The van der Waals surface area contributed by atoms with Crippen LogP contribution in [0.15, 0.2) is 18.3 Å². The van der Waals surface area contributed by atoms with E-state index in [2.05, 4.69) is 35.9 Å². The zero-order chi connectivity index (χ0) is 11.6. The molecule has 0 aliphatic carbocycles. The predicted molar refractivity (Wildman–Crippen MR) is 67.4 cm³/mol. The zero-order valence-corrected chi connectivity index (χ0v) is 10.2. The first kappa shape index (κ1) is 11.4. The van der Waals surface area contributed by atoms with E-state index in [9.17, 15) is 0 Å². The number of hydrogen-bond acceptors (Lipinski definition) is 3. The minimum atomic E-state index is 0.500. The lowest BCUT2D eigenvalue weighted by atomic mass is 9.82. The van der Waals surface area contributed by atoms with E-state index >= 15 is 0 Å². The maximum atomic E-state index is 5.61. The van der Waals surface area contributed by atoms with Crippen molar-refractivity contribution in [2.45, 2.75) is 33.2 Å². The van der Waals surface area contributed by atoms with Crippen molar-refractivity contribution < 1.29 is 0 Å². The van der Waals surface area contributed by atoms with Crippen LogP contribution in [-0.2, 0) is 6.54 Å². The first-order valence-electron chi connectivity index (χ1n) is 6.01. The highest BCUT2D eigenvalue weighted by molar-refractivity contribution is 5.46. The average Bonchev–Trinajstić information content (AvgIpc) is 2.29. The third-order valence-corrected chi connectivity index (χ3v) is 3.49. The van der Waals surface area contributed by atoms with Crippen LogP contribution in [0.5, 0.6) is 0 Å². The average molecular weight is 219 g/mol. The van der Waals surface area contributed by atoms with Gasteiger partial charge in [-0.2, -0.15) is 0 Å². The highest BCUT2D eigenvalue weighted by Gasteiger charge is 2.25. The smallest absolute Gasteiger partial charge is 0.0560 e. The normalized spacial score (nSPS) is 19.8. The molecule has 3 nitrogen and oxygen atoms in total. The number of hydrogen-bond donors (Lipinski definition) is 1. The molecule has 3 heteroatoms. The highest BCUT2D eigenvalue weighted by Crippen LogP contribution is 2.32. The van der Waals surface area contributed by atoms with Crippen LogP contribution in [0.4, 0.5) is 5.69 Å². The van der Waals surface area contributed by atoms with Gasteiger partial charge >= 0.3 is 0 Å². The molecule has 0 saturated carbocycles. The molecule has 0 unspecified atom stereocenters. The minimum absolute atomic E-state index is 0.500. The maximum absolute atomic E-state index is 5.61. The van der Waals surface area contributed by atoms with Crippen molar-refractivity contribution in [1.82, 2.24) is 4.98 Å². The Morgan fingerprint density at radius 1 is 1.38 bits per heavy atom. The summed E-state index contributed by atoms with van der Waals surface area (Å²) in [6.07, 6.45) is 4.37. The van der Waals surface area contributed by atoms with Gasteiger partial charge in [0.15, 0.2) is 0 Å². The Balaban J connectivity index is 2.08. The molecule has 1 fully saturated rings. The third kappa shape index (κ3) is 2.53. The summed E-state index contributed by atoms with van der Waals surface area (Å²) < 4.78 is 0. The van der Waals surface area contributed by atoms with Gasteiger partial charge in [-0.05, 0) is 30.4 Å². The van der Waals surface area contributed by atoms with E-state index in [0.717, 1.165) is 18.8 Å². The number of piperidine rings is 1. The highest BCUT2D eigenvalue weighted by atomic mass is 15.1. The summed E-state index contributed by atoms with van der Waals surface area (Å²) in [5.74, 6) is 0.